The van der Waals surface area contributed by atoms with Gasteiger partial charge in [0, 0.05) is 29.5 Å². The highest BCUT2D eigenvalue weighted by atomic mass is 19.1. The highest BCUT2D eigenvalue weighted by molar-refractivity contribution is 6.05. The lowest BCUT2D eigenvalue weighted by Crippen LogP contribution is -2.14. The summed E-state index contributed by atoms with van der Waals surface area (Å²) >= 11 is 0. The minimum Gasteiger partial charge on any atom is -0.424 e. The van der Waals surface area contributed by atoms with E-state index in [-0.39, 0.29) is 17.7 Å². The molecule has 2 aromatic heterocycles. The Bertz CT molecular complexity index is 1250. The van der Waals surface area contributed by atoms with Gasteiger partial charge in [-0.2, -0.15) is 0 Å². The molecule has 0 spiro atoms. The largest absolute Gasteiger partial charge is 0.424 e. The van der Waals surface area contributed by atoms with E-state index < -0.39 is 0 Å². The average Bonchev–Trinajstić information content (AvgIpc) is 3.05. The van der Waals surface area contributed by atoms with Crippen molar-refractivity contribution < 1.29 is 13.9 Å². The smallest absolute Gasteiger partial charge is 0.321 e. The van der Waals surface area contributed by atoms with Crippen molar-refractivity contribution >= 4 is 11.6 Å². The summed E-state index contributed by atoms with van der Waals surface area (Å²) < 4.78 is 21.7. The maximum atomic E-state index is 14.3. The highest BCUT2D eigenvalue weighted by Crippen LogP contribution is 2.27. The van der Waals surface area contributed by atoms with Crippen LogP contribution in [0, 0.1) is 26.6 Å². The minimum absolute atomic E-state index is 0.249. The van der Waals surface area contributed by atoms with Gasteiger partial charge in [-0.1, -0.05) is 12.1 Å². The third-order valence-corrected chi connectivity index (χ3v) is 4.97. The summed E-state index contributed by atoms with van der Waals surface area (Å²) in [5, 5.41) is 2.93. The van der Waals surface area contributed by atoms with Crippen LogP contribution in [0.1, 0.15) is 27.3 Å². The number of nitrogens with one attached hydrogen (secondary N) is 1. The third kappa shape index (κ3) is 4.16. The van der Waals surface area contributed by atoms with Gasteiger partial charge in [0.05, 0.1) is 11.3 Å². The summed E-state index contributed by atoms with van der Waals surface area (Å²) in [5.41, 5.74) is 3.82. The number of para-hydroxylation sites is 1. The summed E-state index contributed by atoms with van der Waals surface area (Å²) in [4.78, 5) is 21.0. The number of carbonyl (C=O) groups is 1. The Morgan fingerprint density at radius 2 is 1.74 bits per heavy atom. The number of carbonyl (C=O) groups excluding carboxylic acids is 1. The van der Waals surface area contributed by atoms with Crippen LogP contribution in [0.4, 0.5) is 10.1 Å². The van der Waals surface area contributed by atoms with Crippen LogP contribution in [0.15, 0.2) is 67.0 Å². The Kier molecular flexibility index (Phi) is 5.49. The first-order valence-corrected chi connectivity index (χ1v) is 9.75. The molecule has 31 heavy (non-hydrogen) atoms. The van der Waals surface area contributed by atoms with Gasteiger partial charge in [0.1, 0.15) is 11.6 Å². The second kappa shape index (κ2) is 8.39. The van der Waals surface area contributed by atoms with Crippen molar-refractivity contribution in [3.05, 3.63) is 95.3 Å². The van der Waals surface area contributed by atoms with Gasteiger partial charge < -0.3 is 14.6 Å². The van der Waals surface area contributed by atoms with E-state index in [1.54, 1.807) is 72.4 Å². The van der Waals surface area contributed by atoms with Crippen molar-refractivity contribution in [2.75, 3.05) is 5.32 Å². The molecule has 4 aromatic rings. The van der Waals surface area contributed by atoms with Gasteiger partial charge in [0.15, 0.2) is 0 Å². The van der Waals surface area contributed by atoms with Gasteiger partial charge >= 0.3 is 6.01 Å². The van der Waals surface area contributed by atoms with E-state index in [0.717, 1.165) is 11.3 Å². The molecule has 0 saturated carbocycles. The van der Waals surface area contributed by atoms with Crippen LogP contribution in [-0.4, -0.2) is 20.4 Å². The fraction of sp³-hybridized carbons (Fsp3) is 0.125. The second-order valence-electron chi connectivity index (χ2n) is 7.14. The number of halogens is 1. The highest BCUT2D eigenvalue weighted by Gasteiger charge is 2.19. The van der Waals surface area contributed by atoms with E-state index in [2.05, 4.69) is 15.3 Å². The van der Waals surface area contributed by atoms with E-state index in [0.29, 0.717) is 28.4 Å². The molecule has 0 aliphatic heterocycles. The molecule has 1 amide bonds. The molecule has 156 valence electrons. The van der Waals surface area contributed by atoms with Crippen molar-refractivity contribution in [2.24, 2.45) is 0 Å². The molecule has 7 heteroatoms. The summed E-state index contributed by atoms with van der Waals surface area (Å²) in [6.07, 6.45) is 3.20. The molecule has 6 nitrogen and oxygen atoms in total. The lowest BCUT2D eigenvalue weighted by atomic mass is 10.1. The van der Waals surface area contributed by atoms with Crippen LogP contribution >= 0.6 is 0 Å². The molecule has 0 unspecified atom stereocenters. The number of benzene rings is 2. The number of hydrogen-bond acceptors (Lipinski definition) is 4. The number of nitrogens with zero attached hydrogens (tertiary/aromatic N) is 3. The molecule has 0 saturated heterocycles. The van der Waals surface area contributed by atoms with Crippen LogP contribution in [0.25, 0.3) is 5.69 Å². The normalized spacial score (nSPS) is 10.7. The Labute approximate surface area is 179 Å². The van der Waals surface area contributed by atoms with Crippen LogP contribution in [0.5, 0.6) is 11.8 Å². The number of hydrogen-bond donors (Lipinski definition) is 1. The molecule has 0 aliphatic rings. The molecule has 0 radical (unpaired) electrons. The molecule has 2 heterocycles. The Morgan fingerprint density at radius 1 is 1.00 bits per heavy atom. The lowest BCUT2D eigenvalue weighted by molar-refractivity contribution is 0.102. The van der Waals surface area contributed by atoms with E-state index >= 15 is 0 Å². The summed E-state index contributed by atoms with van der Waals surface area (Å²) in [7, 11) is 0. The number of aromatic nitrogens is 3. The predicted octanol–water partition coefficient (Wildman–Crippen LogP) is 5.38. The van der Waals surface area contributed by atoms with E-state index in [1.165, 1.54) is 6.07 Å². The van der Waals surface area contributed by atoms with Crippen LogP contribution in [0.3, 0.4) is 0 Å². The quantitative estimate of drug-likeness (QED) is 0.474. The SMILES string of the molecule is Cc1cc(Oc2ncccn2)ccc1NC(=O)c1cc(C)n(-c2ccccc2F)c1C. The van der Waals surface area contributed by atoms with Crippen molar-refractivity contribution in [1.29, 1.82) is 0 Å². The third-order valence-electron chi connectivity index (χ3n) is 4.97. The molecular formula is C24H21FN4O2. The molecule has 0 aliphatic carbocycles. The molecule has 0 atom stereocenters. The zero-order valence-corrected chi connectivity index (χ0v) is 17.4. The standard InChI is InChI=1S/C24H21FN4O2/c1-15-13-18(31-24-26-11-6-12-27-24)9-10-21(15)28-23(30)19-14-16(2)29(17(19)3)22-8-5-4-7-20(22)25/h4-14H,1-3H3,(H,28,30). The van der Waals surface area contributed by atoms with Crippen molar-refractivity contribution in [1.82, 2.24) is 14.5 Å². The number of amides is 1. The Hall–Kier alpha value is -4.00. The summed E-state index contributed by atoms with van der Waals surface area (Å²) in [6, 6.07) is 15.5. The second-order valence-corrected chi connectivity index (χ2v) is 7.14. The number of rotatable bonds is 5. The minimum atomic E-state index is -0.343. The van der Waals surface area contributed by atoms with Gasteiger partial charge in [0.25, 0.3) is 5.91 Å². The molecule has 2 aromatic carbocycles. The van der Waals surface area contributed by atoms with Crippen LogP contribution in [0.2, 0.25) is 0 Å². The number of aryl methyl sites for hydroxylation is 2. The van der Waals surface area contributed by atoms with Crippen molar-refractivity contribution in [2.45, 2.75) is 20.8 Å². The zero-order chi connectivity index (χ0) is 22.0. The molecule has 0 fully saturated rings. The maximum absolute atomic E-state index is 14.3. The predicted molar refractivity (Wildman–Crippen MR) is 116 cm³/mol. The van der Waals surface area contributed by atoms with Crippen LogP contribution < -0.4 is 10.1 Å². The maximum Gasteiger partial charge on any atom is 0.321 e. The van der Waals surface area contributed by atoms with Crippen LogP contribution in [-0.2, 0) is 0 Å². The molecular weight excluding hydrogens is 395 g/mol. The Morgan fingerprint density at radius 3 is 2.45 bits per heavy atom. The average molecular weight is 416 g/mol. The monoisotopic (exact) mass is 416 g/mol. The Balaban J connectivity index is 1.56. The molecule has 4 rings (SSSR count). The van der Waals surface area contributed by atoms with E-state index in [9.17, 15) is 9.18 Å². The first-order valence-electron chi connectivity index (χ1n) is 9.75. The van der Waals surface area contributed by atoms with Gasteiger partial charge in [-0.05, 0) is 68.8 Å². The van der Waals surface area contributed by atoms with Gasteiger partial charge in [-0.3, -0.25) is 4.79 Å². The van der Waals surface area contributed by atoms with Crippen molar-refractivity contribution in [3.8, 4) is 17.4 Å². The molecule has 1 N–H and O–H groups in total. The van der Waals surface area contributed by atoms with Gasteiger partial charge in [0.2, 0.25) is 0 Å². The zero-order valence-electron chi connectivity index (χ0n) is 17.4. The van der Waals surface area contributed by atoms with E-state index in [4.69, 9.17) is 4.74 Å². The summed E-state index contributed by atoms with van der Waals surface area (Å²) in [5.74, 6) is -0.0385. The van der Waals surface area contributed by atoms with E-state index in [1.807, 2.05) is 13.8 Å². The van der Waals surface area contributed by atoms with Gasteiger partial charge in [-0.25, -0.2) is 14.4 Å². The molecule has 0 bridgehead atoms. The fourth-order valence-electron chi connectivity index (χ4n) is 3.47. The lowest BCUT2D eigenvalue weighted by Gasteiger charge is -2.12. The van der Waals surface area contributed by atoms with Crippen molar-refractivity contribution in [3.63, 3.8) is 0 Å². The fourth-order valence-corrected chi connectivity index (χ4v) is 3.47. The first kappa shape index (κ1) is 20.3. The summed E-state index contributed by atoms with van der Waals surface area (Å²) in [6.45, 7) is 5.52. The number of ether oxygens (including phenoxy) is 1. The number of anilines is 1. The first-order chi connectivity index (χ1) is 14.9. The topological polar surface area (TPSA) is 69.0 Å². The van der Waals surface area contributed by atoms with Gasteiger partial charge in [-0.15, -0.1) is 0 Å².